The van der Waals surface area contributed by atoms with E-state index in [4.69, 9.17) is 9.47 Å². The van der Waals surface area contributed by atoms with Crippen LogP contribution in [0.1, 0.15) is 12.0 Å². The van der Waals surface area contributed by atoms with E-state index < -0.39 is 0 Å². The van der Waals surface area contributed by atoms with E-state index in [1.807, 2.05) is 30.3 Å². The smallest absolute Gasteiger partial charge is 0.238 e. The molecule has 0 bridgehead atoms. The Balaban J connectivity index is 1.16. The molecule has 2 unspecified atom stereocenters. The fraction of sp³-hybridized carbons (Fsp3) is 0.286. The number of hydrogen-bond donors (Lipinski definition) is 3. The normalized spacial score (nSPS) is 20.6. The minimum absolute atomic E-state index is 0.00923. The summed E-state index contributed by atoms with van der Waals surface area (Å²) in [6.07, 6.45) is 2.83. The first-order valence-electron chi connectivity index (χ1n) is 9.47. The summed E-state index contributed by atoms with van der Waals surface area (Å²) in [6, 6.07) is 16.1. The molecule has 144 valence electrons. The molecule has 2 aliphatic rings. The quantitative estimate of drug-likeness (QED) is 0.632. The molecule has 1 fully saturated rings. The fourth-order valence-electron chi connectivity index (χ4n) is 3.81. The van der Waals surface area contributed by atoms with E-state index in [0.717, 1.165) is 30.0 Å². The maximum Gasteiger partial charge on any atom is 0.238 e. The fourth-order valence-corrected chi connectivity index (χ4v) is 3.81. The van der Waals surface area contributed by atoms with Crippen molar-refractivity contribution in [3.05, 3.63) is 60.3 Å². The highest BCUT2D eigenvalue weighted by Gasteiger charge is 2.29. The molecule has 7 heteroatoms. The van der Waals surface area contributed by atoms with Crippen molar-refractivity contribution in [1.82, 2.24) is 20.7 Å². The lowest BCUT2D eigenvalue weighted by Crippen LogP contribution is -2.43. The summed E-state index contributed by atoms with van der Waals surface area (Å²) in [7, 11) is 0. The van der Waals surface area contributed by atoms with Crippen molar-refractivity contribution < 1.29 is 14.3 Å². The van der Waals surface area contributed by atoms with Gasteiger partial charge in [-0.15, -0.1) is 0 Å². The maximum absolute atomic E-state index is 12.5. The number of hydrogen-bond acceptors (Lipinski definition) is 5. The van der Waals surface area contributed by atoms with Crippen molar-refractivity contribution in [2.24, 2.45) is 0 Å². The summed E-state index contributed by atoms with van der Waals surface area (Å²) in [5, 5.41) is 4.22. The van der Waals surface area contributed by atoms with Crippen LogP contribution in [0.3, 0.4) is 0 Å². The van der Waals surface area contributed by atoms with E-state index in [-0.39, 0.29) is 24.8 Å². The molecule has 28 heavy (non-hydrogen) atoms. The molecule has 5 rings (SSSR count). The number of nitrogens with one attached hydrogen (secondary N) is 3. The Labute approximate surface area is 162 Å². The zero-order valence-electron chi connectivity index (χ0n) is 15.4. The van der Waals surface area contributed by atoms with E-state index in [0.29, 0.717) is 6.54 Å². The highest BCUT2D eigenvalue weighted by atomic mass is 16.7. The van der Waals surface area contributed by atoms with Crippen LogP contribution in [-0.4, -0.2) is 29.4 Å². The third-order valence-electron chi connectivity index (χ3n) is 5.30. The van der Waals surface area contributed by atoms with Gasteiger partial charge in [-0.25, -0.2) is 5.43 Å². The number of ether oxygens (including phenoxy) is 2. The van der Waals surface area contributed by atoms with Gasteiger partial charge in [0.1, 0.15) is 6.04 Å². The molecule has 3 aromatic rings. The van der Waals surface area contributed by atoms with E-state index in [1.54, 1.807) is 0 Å². The molecule has 0 spiro atoms. The van der Waals surface area contributed by atoms with Crippen LogP contribution in [-0.2, 0) is 17.9 Å². The largest absolute Gasteiger partial charge is 0.454 e. The lowest BCUT2D eigenvalue weighted by molar-refractivity contribution is -0.123. The summed E-state index contributed by atoms with van der Waals surface area (Å²) in [5.41, 5.74) is 8.57. The number of amides is 1. The van der Waals surface area contributed by atoms with Gasteiger partial charge in [-0.2, -0.15) is 0 Å². The van der Waals surface area contributed by atoms with Crippen LogP contribution in [0, 0.1) is 0 Å². The first-order chi connectivity index (χ1) is 13.8. The van der Waals surface area contributed by atoms with Gasteiger partial charge < -0.3 is 19.4 Å². The van der Waals surface area contributed by atoms with Crippen LogP contribution >= 0.6 is 0 Å². The number of nitrogens with zero attached hydrogens (tertiary/aromatic N) is 1. The Hall–Kier alpha value is -3.03. The van der Waals surface area contributed by atoms with E-state index >= 15 is 0 Å². The number of carbonyl (C=O) groups excluding carboxylic acids is 1. The minimum Gasteiger partial charge on any atom is -0.454 e. The third-order valence-corrected chi connectivity index (χ3v) is 5.30. The van der Waals surface area contributed by atoms with E-state index in [2.05, 4.69) is 45.1 Å². The highest BCUT2D eigenvalue weighted by molar-refractivity contribution is 5.82. The molecular weight excluding hydrogens is 356 g/mol. The third kappa shape index (κ3) is 3.30. The Kier molecular flexibility index (Phi) is 4.38. The van der Waals surface area contributed by atoms with Gasteiger partial charge in [-0.1, -0.05) is 24.3 Å². The van der Waals surface area contributed by atoms with Gasteiger partial charge in [0.25, 0.3) is 0 Å². The van der Waals surface area contributed by atoms with Crippen molar-refractivity contribution in [3.8, 4) is 11.5 Å². The second-order valence-electron chi connectivity index (χ2n) is 7.21. The highest BCUT2D eigenvalue weighted by Crippen LogP contribution is 2.32. The monoisotopic (exact) mass is 378 g/mol. The summed E-state index contributed by atoms with van der Waals surface area (Å²) in [5.74, 6) is 1.47. The number of carbonyl (C=O) groups is 1. The number of hydrazine groups is 1. The molecule has 1 aromatic heterocycles. The van der Waals surface area contributed by atoms with Gasteiger partial charge in [-0.05, 0) is 41.6 Å². The summed E-state index contributed by atoms with van der Waals surface area (Å²) in [6.45, 7) is 1.52. The van der Waals surface area contributed by atoms with Gasteiger partial charge in [0, 0.05) is 30.8 Å². The number of aromatic nitrogens is 1. The molecule has 0 aliphatic carbocycles. The van der Waals surface area contributed by atoms with Gasteiger partial charge >= 0.3 is 0 Å². The second kappa shape index (κ2) is 7.18. The predicted molar refractivity (Wildman–Crippen MR) is 105 cm³/mol. The molecule has 1 saturated heterocycles. The zero-order chi connectivity index (χ0) is 18.9. The molecule has 3 N–H and O–H groups in total. The lowest BCUT2D eigenvalue weighted by atomic mass is 10.1. The lowest BCUT2D eigenvalue weighted by Gasteiger charge is -2.12. The standard InChI is InChI=1S/C21H22N4O3/c26-21(22-11-14-5-6-19-20(9-14)28-13-27-19)17-10-16(23-24-17)12-25-8-7-15-3-1-2-4-18(15)25/h1-9,16-17,23-24H,10-13H2,(H,22,26). The van der Waals surface area contributed by atoms with Crippen LogP contribution in [0.25, 0.3) is 10.9 Å². The first kappa shape index (κ1) is 17.1. The number of rotatable bonds is 5. The minimum atomic E-state index is -0.249. The first-order valence-corrected chi connectivity index (χ1v) is 9.47. The molecule has 1 amide bonds. The molecule has 0 saturated carbocycles. The summed E-state index contributed by atoms with van der Waals surface area (Å²) < 4.78 is 12.9. The van der Waals surface area contributed by atoms with Gasteiger partial charge in [0.15, 0.2) is 11.5 Å². The molecule has 2 aromatic carbocycles. The molecule has 2 aliphatic heterocycles. The predicted octanol–water partition coefficient (Wildman–Crippen LogP) is 1.92. The Morgan fingerprint density at radius 1 is 1.11 bits per heavy atom. The second-order valence-corrected chi connectivity index (χ2v) is 7.21. The van der Waals surface area contributed by atoms with E-state index in [9.17, 15) is 4.79 Å². The van der Waals surface area contributed by atoms with Crippen LogP contribution in [0.4, 0.5) is 0 Å². The Morgan fingerprint density at radius 3 is 2.96 bits per heavy atom. The van der Waals surface area contributed by atoms with Crippen LogP contribution in [0.5, 0.6) is 11.5 Å². The van der Waals surface area contributed by atoms with Crippen LogP contribution in [0.2, 0.25) is 0 Å². The zero-order valence-corrected chi connectivity index (χ0v) is 15.4. The Morgan fingerprint density at radius 2 is 2.00 bits per heavy atom. The van der Waals surface area contributed by atoms with Crippen molar-refractivity contribution >= 4 is 16.8 Å². The molecule has 2 atom stereocenters. The Bertz CT molecular complexity index is 1020. The average Bonchev–Trinajstić information content (AvgIpc) is 3.46. The summed E-state index contributed by atoms with van der Waals surface area (Å²) in [4.78, 5) is 12.5. The van der Waals surface area contributed by atoms with E-state index in [1.165, 1.54) is 10.9 Å². The van der Waals surface area contributed by atoms with Crippen molar-refractivity contribution in [2.75, 3.05) is 6.79 Å². The van der Waals surface area contributed by atoms with Gasteiger partial charge in [0.2, 0.25) is 12.7 Å². The average molecular weight is 378 g/mol. The molecule has 3 heterocycles. The topological polar surface area (TPSA) is 76.5 Å². The molecule has 0 radical (unpaired) electrons. The number of fused-ring (bicyclic) bond motifs is 2. The molecular formula is C21H22N4O3. The SMILES string of the molecule is O=C(NCc1ccc2c(c1)OCO2)C1CC(Cn2ccc3ccccc32)NN1. The maximum atomic E-state index is 12.5. The van der Waals surface area contributed by atoms with Crippen molar-refractivity contribution in [2.45, 2.75) is 31.6 Å². The summed E-state index contributed by atoms with van der Waals surface area (Å²) >= 11 is 0. The van der Waals surface area contributed by atoms with Crippen molar-refractivity contribution in [1.29, 1.82) is 0 Å². The van der Waals surface area contributed by atoms with Gasteiger partial charge in [-0.3, -0.25) is 10.2 Å². The van der Waals surface area contributed by atoms with Gasteiger partial charge in [0.05, 0.1) is 0 Å². The van der Waals surface area contributed by atoms with Crippen LogP contribution < -0.4 is 25.6 Å². The van der Waals surface area contributed by atoms with Crippen molar-refractivity contribution in [3.63, 3.8) is 0 Å². The molecule has 7 nitrogen and oxygen atoms in total. The number of para-hydroxylation sites is 1. The van der Waals surface area contributed by atoms with Crippen LogP contribution in [0.15, 0.2) is 54.7 Å². The number of benzene rings is 2.